The first kappa shape index (κ1) is 18.5. The quantitative estimate of drug-likeness (QED) is 0.871. The topological polar surface area (TPSA) is 65.8 Å². The van der Waals surface area contributed by atoms with Crippen LogP contribution in [0.2, 0.25) is 5.02 Å². The van der Waals surface area contributed by atoms with E-state index in [0.717, 1.165) is 30.2 Å². The van der Waals surface area contributed by atoms with E-state index in [1.165, 1.54) is 6.26 Å². The Bertz CT molecular complexity index is 755. The summed E-state index contributed by atoms with van der Waals surface area (Å²) in [4.78, 5) is 28.6. The Balaban J connectivity index is 1.47. The molecule has 1 aliphatic heterocycles. The van der Waals surface area contributed by atoms with Crippen LogP contribution in [0.5, 0.6) is 0 Å². The maximum Gasteiger partial charge on any atom is 0.287 e. The van der Waals surface area contributed by atoms with Gasteiger partial charge in [-0.25, -0.2) is 0 Å². The zero-order chi connectivity index (χ0) is 18.5. The molecule has 3 rings (SSSR count). The van der Waals surface area contributed by atoms with Gasteiger partial charge in [0.2, 0.25) is 5.91 Å². The van der Waals surface area contributed by atoms with Gasteiger partial charge in [0.1, 0.15) is 6.04 Å². The highest BCUT2D eigenvalue weighted by Crippen LogP contribution is 2.14. The highest BCUT2D eigenvalue weighted by atomic mass is 35.5. The van der Waals surface area contributed by atoms with Crippen LogP contribution in [0.1, 0.15) is 23.0 Å². The molecule has 1 fully saturated rings. The minimum absolute atomic E-state index is 0.0766. The predicted octanol–water partition coefficient (Wildman–Crippen LogP) is 2.40. The molecule has 1 saturated heterocycles. The lowest BCUT2D eigenvalue weighted by Crippen LogP contribution is -2.53. The van der Waals surface area contributed by atoms with Crippen LogP contribution >= 0.6 is 11.6 Å². The molecular formula is C19H22ClN3O3. The second kappa shape index (κ2) is 8.38. The lowest BCUT2D eigenvalue weighted by molar-refractivity contribution is -0.134. The third-order valence-corrected chi connectivity index (χ3v) is 4.68. The van der Waals surface area contributed by atoms with Gasteiger partial charge in [0.25, 0.3) is 5.91 Å². The summed E-state index contributed by atoms with van der Waals surface area (Å²) in [5.74, 6) is -0.251. The van der Waals surface area contributed by atoms with Crippen LogP contribution in [0.3, 0.4) is 0 Å². The van der Waals surface area contributed by atoms with Gasteiger partial charge in [0, 0.05) is 37.7 Å². The van der Waals surface area contributed by atoms with Crippen molar-refractivity contribution in [1.29, 1.82) is 0 Å². The van der Waals surface area contributed by atoms with Crippen molar-refractivity contribution in [3.05, 3.63) is 59.0 Å². The summed E-state index contributed by atoms with van der Waals surface area (Å²) >= 11 is 6.03. The summed E-state index contributed by atoms with van der Waals surface area (Å²) in [7, 11) is 0. The first-order valence-electron chi connectivity index (χ1n) is 8.63. The van der Waals surface area contributed by atoms with Crippen LogP contribution in [0.15, 0.2) is 47.1 Å². The summed E-state index contributed by atoms with van der Waals surface area (Å²) in [5.41, 5.74) is 1.16. The third kappa shape index (κ3) is 4.65. The van der Waals surface area contributed by atoms with Crippen LogP contribution < -0.4 is 5.32 Å². The number of nitrogens with one attached hydrogen (secondary N) is 1. The molecule has 6 nitrogen and oxygen atoms in total. The van der Waals surface area contributed by atoms with Crippen LogP contribution in [0.4, 0.5) is 0 Å². The van der Waals surface area contributed by atoms with Crippen molar-refractivity contribution >= 4 is 23.4 Å². The summed E-state index contributed by atoms with van der Waals surface area (Å²) < 4.78 is 5.05. The first-order chi connectivity index (χ1) is 12.5. The number of carbonyl (C=O) groups excluding carboxylic acids is 2. The third-order valence-electron chi connectivity index (χ3n) is 4.44. The standard InChI is InChI=1S/C19H22ClN3O3/c1-14(21-18(24)17-6-3-11-26-17)19(25)23-9-7-22(8-10-23)13-15-4-2-5-16(20)12-15/h2-6,11-12,14H,7-10,13H2,1H3,(H,21,24). The number of benzene rings is 1. The van der Waals surface area contributed by atoms with Gasteiger partial charge in [-0.1, -0.05) is 23.7 Å². The maximum absolute atomic E-state index is 12.6. The van der Waals surface area contributed by atoms with E-state index in [1.807, 2.05) is 18.2 Å². The molecule has 1 aromatic heterocycles. The summed E-state index contributed by atoms with van der Waals surface area (Å²) in [6.07, 6.45) is 1.43. The number of halogens is 1. The van der Waals surface area contributed by atoms with E-state index in [9.17, 15) is 9.59 Å². The van der Waals surface area contributed by atoms with Gasteiger partial charge < -0.3 is 14.6 Å². The molecule has 1 aromatic carbocycles. The van der Waals surface area contributed by atoms with Gasteiger partial charge in [0.15, 0.2) is 5.76 Å². The molecule has 26 heavy (non-hydrogen) atoms. The lowest BCUT2D eigenvalue weighted by Gasteiger charge is -2.36. The Morgan fingerprint density at radius 3 is 2.62 bits per heavy atom. The largest absolute Gasteiger partial charge is 0.459 e. The molecule has 2 aromatic rings. The van der Waals surface area contributed by atoms with Gasteiger partial charge in [-0.15, -0.1) is 0 Å². The number of hydrogen-bond donors (Lipinski definition) is 1. The van der Waals surface area contributed by atoms with E-state index in [0.29, 0.717) is 13.1 Å². The number of rotatable bonds is 5. The van der Waals surface area contributed by atoms with Crippen molar-refractivity contribution in [1.82, 2.24) is 15.1 Å². The Morgan fingerprint density at radius 1 is 1.19 bits per heavy atom. The molecule has 7 heteroatoms. The average molecular weight is 376 g/mol. The smallest absolute Gasteiger partial charge is 0.287 e. The first-order valence-corrected chi connectivity index (χ1v) is 9.00. The molecule has 2 heterocycles. The average Bonchev–Trinajstić information content (AvgIpc) is 3.16. The molecule has 0 bridgehead atoms. The van der Waals surface area contributed by atoms with Crippen molar-refractivity contribution in [3.8, 4) is 0 Å². The SMILES string of the molecule is CC(NC(=O)c1ccco1)C(=O)N1CCN(Cc2cccc(Cl)c2)CC1. The molecule has 0 aliphatic carbocycles. The molecule has 0 saturated carbocycles. The Labute approximate surface area is 157 Å². The number of nitrogens with zero attached hydrogens (tertiary/aromatic N) is 2. The van der Waals surface area contributed by atoms with E-state index in [-0.39, 0.29) is 17.6 Å². The van der Waals surface area contributed by atoms with E-state index in [4.69, 9.17) is 16.0 Å². The Kier molecular flexibility index (Phi) is 5.96. The number of piperazine rings is 1. The number of hydrogen-bond acceptors (Lipinski definition) is 4. The second-order valence-electron chi connectivity index (χ2n) is 6.40. The fourth-order valence-electron chi connectivity index (χ4n) is 3.03. The van der Waals surface area contributed by atoms with Gasteiger partial charge in [-0.2, -0.15) is 0 Å². The molecule has 2 amide bonds. The molecule has 1 atom stereocenters. The van der Waals surface area contributed by atoms with Crippen molar-refractivity contribution < 1.29 is 14.0 Å². The van der Waals surface area contributed by atoms with Gasteiger partial charge in [-0.05, 0) is 36.8 Å². The minimum Gasteiger partial charge on any atom is -0.459 e. The lowest BCUT2D eigenvalue weighted by atomic mass is 10.2. The Morgan fingerprint density at radius 2 is 1.96 bits per heavy atom. The van der Waals surface area contributed by atoms with Crippen LogP contribution in [0, 0.1) is 0 Å². The van der Waals surface area contributed by atoms with Crippen LogP contribution in [0.25, 0.3) is 0 Å². The molecule has 1 unspecified atom stereocenters. The van der Waals surface area contributed by atoms with Gasteiger partial charge in [-0.3, -0.25) is 14.5 Å². The molecule has 0 radical (unpaired) electrons. The van der Waals surface area contributed by atoms with Crippen molar-refractivity contribution in [2.45, 2.75) is 19.5 Å². The van der Waals surface area contributed by atoms with Crippen LogP contribution in [-0.4, -0.2) is 53.8 Å². The van der Waals surface area contributed by atoms with Crippen molar-refractivity contribution in [3.63, 3.8) is 0 Å². The van der Waals surface area contributed by atoms with Crippen molar-refractivity contribution in [2.24, 2.45) is 0 Å². The van der Waals surface area contributed by atoms with E-state index < -0.39 is 6.04 Å². The zero-order valence-electron chi connectivity index (χ0n) is 14.7. The zero-order valence-corrected chi connectivity index (χ0v) is 15.4. The van der Waals surface area contributed by atoms with Gasteiger partial charge in [0.05, 0.1) is 6.26 Å². The monoisotopic (exact) mass is 375 g/mol. The highest BCUT2D eigenvalue weighted by Gasteiger charge is 2.26. The highest BCUT2D eigenvalue weighted by molar-refractivity contribution is 6.30. The fraction of sp³-hybridized carbons (Fsp3) is 0.368. The number of carbonyl (C=O) groups is 2. The van der Waals surface area contributed by atoms with Crippen LogP contribution in [-0.2, 0) is 11.3 Å². The normalized spacial score (nSPS) is 16.3. The molecular weight excluding hydrogens is 354 g/mol. The van der Waals surface area contributed by atoms with Gasteiger partial charge >= 0.3 is 0 Å². The Hall–Kier alpha value is -2.31. The van der Waals surface area contributed by atoms with Crippen molar-refractivity contribution in [2.75, 3.05) is 26.2 Å². The van der Waals surface area contributed by atoms with E-state index >= 15 is 0 Å². The summed E-state index contributed by atoms with van der Waals surface area (Å²) in [6, 6.07) is 10.4. The molecule has 0 spiro atoms. The molecule has 1 aliphatic rings. The molecule has 138 valence electrons. The summed E-state index contributed by atoms with van der Waals surface area (Å²) in [5, 5.41) is 3.42. The number of amides is 2. The fourth-order valence-corrected chi connectivity index (χ4v) is 3.24. The van der Waals surface area contributed by atoms with E-state index in [1.54, 1.807) is 24.0 Å². The van der Waals surface area contributed by atoms with E-state index in [2.05, 4.69) is 16.3 Å². The molecule has 1 N–H and O–H groups in total. The predicted molar refractivity (Wildman–Crippen MR) is 98.9 cm³/mol. The maximum atomic E-state index is 12.6. The summed E-state index contributed by atoms with van der Waals surface area (Å²) in [6.45, 7) is 5.36. The minimum atomic E-state index is -0.591. The number of furan rings is 1. The second-order valence-corrected chi connectivity index (χ2v) is 6.84.